The quantitative estimate of drug-likeness (QED) is 0.920. The maximum Gasteiger partial charge on any atom is 0.308 e. The highest BCUT2D eigenvalue weighted by atomic mass is 16.4. The average Bonchev–Trinajstić information content (AvgIpc) is 2.52. The molecule has 0 aromatic heterocycles. The van der Waals surface area contributed by atoms with Crippen LogP contribution in [0.2, 0.25) is 0 Å². The van der Waals surface area contributed by atoms with Crippen molar-refractivity contribution in [2.24, 2.45) is 5.92 Å². The summed E-state index contributed by atoms with van der Waals surface area (Å²) in [6.45, 7) is 3.65. The fraction of sp³-hybridized carbons (Fsp3) is 0.222. The van der Waals surface area contributed by atoms with Crippen molar-refractivity contribution in [3.63, 3.8) is 0 Å². The lowest BCUT2D eigenvalue weighted by atomic mass is 10.1. The van der Waals surface area contributed by atoms with Crippen LogP contribution in [0.4, 0.5) is 5.69 Å². The minimum Gasteiger partial charge on any atom is -0.481 e. The Morgan fingerprint density at radius 3 is 2.36 bits per heavy atom. The van der Waals surface area contributed by atoms with Gasteiger partial charge in [0.25, 0.3) is 5.91 Å². The Kier molecular flexibility index (Phi) is 4.94. The van der Waals surface area contributed by atoms with E-state index in [0.29, 0.717) is 11.3 Å². The second-order valence-electron chi connectivity index (χ2n) is 5.36. The molecule has 114 valence electrons. The average molecular weight is 297 g/mol. The number of carboxylic acid groups (broad SMARTS) is 1. The molecule has 0 radical (unpaired) electrons. The van der Waals surface area contributed by atoms with Crippen molar-refractivity contribution in [3.8, 4) is 0 Å². The Morgan fingerprint density at radius 2 is 1.77 bits per heavy atom. The molecule has 0 bridgehead atoms. The molecule has 0 saturated carbocycles. The standard InChI is InChI=1S/C18H19NO3/c1-13-7-6-8-15(11-13)17(20)19(12-14(2)18(21)22)16-9-4-3-5-10-16/h3-11,14H,12H2,1-2H3,(H,21,22). The summed E-state index contributed by atoms with van der Waals surface area (Å²) in [6.07, 6.45) is 0. The highest BCUT2D eigenvalue weighted by Gasteiger charge is 2.23. The van der Waals surface area contributed by atoms with E-state index in [0.717, 1.165) is 5.56 Å². The van der Waals surface area contributed by atoms with Gasteiger partial charge in [-0.2, -0.15) is 0 Å². The Bertz CT molecular complexity index is 667. The van der Waals surface area contributed by atoms with Crippen LogP contribution in [0.25, 0.3) is 0 Å². The van der Waals surface area contributed by atoms with Crippen molar-refractivity contribution in [3.05, 3.63) is 65.7 Å². The fourth-order valence-corrected chi connectivity index (χ4v) is 2.20. The molecule has 0 aliphatic carbocycles. The van der Waals surface area contributed by atoms with Gasteiger partial charge in [-0.1, -0.05) is 42.8 Å². The first-order valence-corrected chi connectivity index (χ1v) is 7.15. The third-order valence-electron chi connectivity index (χ3n) is 3.46. The zero-order chi connectivity index (χ0) is 16.1. The van der Waals surface area contributed by atoms with Crippen LogP contribution < -0.4 is 4.90 Å². The number of amides is 1. The number of aryl methyl sites for hydroxylation is 1. The van der Waals surface area contributed by atoms with Crippen molar-refractivity contribution in [1.29, 1.82) is 0 Å². The Labute approximate surface area is 130 Å². The lowest BCUT2D eigenvalue weighted by Crippen LogP contribution is -2.37. The first-order valence-electron chi connectivity index (χ1n) is 7.15. The van der Waals surface area contributed by atoms with Gasteiger partial charge in [-0.15, -0.1) is 0 Å². The van der Waals surface area contributed by atoms with Crippen molar-refractivity contribution in [2.75, 3.05) is 11.4 Å². The Hall–Kier alpha value is -2.62. The van der Waals surface area contributed by atoms with E-state index in [4.69, 9.17) is 5.11 Å². The lowest BCUT2D eigenvalue weighted by Gasteiger charge is -2.25. The fourth-order valence-electron chi connectivity index (χ4n) is 2.20. The van der Waals surface area contributed by atoms with Gasteiger partial charge in [-0.05, 0) is 31.2 Å². The van der Waals surface area contributed by atoms with Crippen LogP contribution in [0.1, 0.15) is 22.8 Å². The molecular weight excluding hydrogens is 278 g/mol. The minimum absolute atomic E-state index is 0.131. The number of carbonyl (C=O) groups excluding carboxylic acids is 1. The van der Waals surface area contributed by atoms with Crippen LogP contribution in [0.5, 0.6) is 0 Å². The zero-order valence-corrected chi connectivity index (χ0v) is 12.7. The molecule has 0 spiro atoms. The smallest absolute Gasteiger partial charge is 0.308 e. The number of anilines is 1. The van der Waals surface area contributed by atoms with Crippen molar-refractivity contribution in [1.82, 2.24) is 0 Å². The van der Waals surface area contributed by atoms with Crippen LogP contribution in [0.3, 0.4) is 0 Å². The van der Waals surface area contributed by atoms with Gasteiger partial charge in [-0.25, -0.2) is 0 Å². The third kappa shape index (κ3) is 3.73. The maximum absolute atomic E-state index is 12.8. The highest BCUT2D eigenvalue weighted by molar-refractivity contribution is 6.06. The number of para-hydroxylation sites is 1. The molecule has 0 fully saturated rings. The molecule has 0 saturated heterocycles. The number of carbonyl (C=O) groups is 2. The summed E-state index contributed by atoms with van der Waals surface area (Å²) >= 11 is 0. The van der Waals surface area contributed by atoms with Gasteiger partial charge >= 0.3 is 5.97 Å². The Balaban J connectivity index is 2.35. The monoisotopic (exact) mass is 297 g/mol. The molecule has 1 atom stereocenters. The molecule has 1 unspecified atom stereocenters. The summed E-state index contributed by atoms with van der Waals surface area (Å²) in [7, 11) is 0. The molecule has 0 aliphatic rings. The maximum atomic E-state index is 12.8. The number of rotatable bonds is 5. The van der Waals surface area contributed by atoms with Gasteiger partial charge in [0, 0.05) is 17.8 Å². The van der Waals surface area contributed by atoms with Crippen molar-refractivity contribution >= 4 is 17.6 Å². The van der Waals surface area contributed by atoms with E-state index in [1.165, 1.54) is 4.90 Å². The zero-order valence-electron chi connectivity index (χ0n) is 12.7. The van der Waals surface area contributed by atoms with E-state index in [2.05, 4.69) is 0 Å². The SMILES string of the molecule is Cc1cccc(C(=O)N(CC(C)C(=O)O)c2ccccc2)c1. The molecule has 0 heterocycles. The summed E-state index contributed by atoms with van der Waals surface area (Å²) in [4.78, 5) is 25.5. The molecule has 0 aliphatic heterocycles. The summed E-state index contributed by atoms with van der Waals surface area (Å²) in [5, 5.41) is 9.14. The second kappa shape index (κ2) is 6.89. The van der Waals surface area contributed by atoms with E-state index in [1.807, 2.05) is 55.5 Å². The predicted octanol–water partition coefficient (Wildman–Crippen LogP) is 3.36. The van der Waals surface area contributed by atoms with Crippen molar-refractivity contribution < 1.29 is 14.7 Å². The summed E-state index contributed by atoms with van der Waals surface area (Å²) in [6, 6.07) is 16.4. The van der Waals surface area contributed by atoms with E-state index >= 15 is 0 Å². The molecule has 2 aromatic rings. The third-order valence-corrected chi connectivity index (χ3v) is 3.46. The largest absolute Gasteiger partial charge is 0.481 e. The number of hydrogen-bond donors (Lipinski definition) is 1. The first kappa shape index (κ1) is 15.8. The van der Waals surface area contributed by atoms with Crippen LogP contribution in [-0.2, 0) is 4.79 Å². The highest BCUT2D eigenvalue weighted by Crippen LogP contribution is 2.19. The molecule has 2 aromatic carbocycles. The normalized spacial score (nSPS) is 11.7. The number of hydrogen-bond acceptors (Lipinski definition) is 2. The molecule has 4 nitrogen and oxygen atoms in total. The number of nitrogens with zero attached hydrogens (tertiary/aromatic N) is 1. The lowest BCUT2D eigenvalue weighted by molar-refractivity contribution is -0.140. The second-order valence-corrected chi connectivity index (χ2v) is 5.36. The van der Waals surface area contributed by atoms with Gasteiger partial charge in [0.05, 0.1) is 5.92 Å². The summed E-state index contributed by atoms with van der Waals surface area (Å²) in [5.74, 6) is -1.75. The number of aliphatic carboxylic acids is 1. The molecule has 1 amide bonds. The summed E-state index contributed by atoms with van der Waals surface area (Å²) < 4.78 is 0. The molecule has 2 rings (SSSR count). The van der Waals surface area contributed by atoms with Crippen LogP contribution in [0, 0.1) is 12.8 Å². The summed E-state index contributed by atoms with van der Waals surface area (Å²) in [5.41, 5.74) is 2.24. The topological polar surface area (TPSA) is 57.6 Å². The molecule has 4 heteroatoms. The van der Waals surface area contributed by atoms with Crippen molar-refractivity contribution in [2.45, 2.75) is 13.8 Å². The van der Waals surface area contributed by atoms with Gasteiger partial charge < -0.3 is 10.0 Å². The predicted molar refractivity (Wildman–Crippen MR) is 86.1 cm³/mol. The van der Waals surface area contributed by atoms with Gasteiger partial charge in [0.2, 0.25) is 0 Å². The van der Waals surface area contributed by atoms with Gasteiger partial charge in [0.1, 0.15) is 0 Å². The van der Waals surface area contributed by atoms with Crippen LogP contribution in [0.15, 0.2) is 54.6 Å². The first-order chi connectivity index (χ1) is 10.5. The molecule has 22 heavy (non-hydrogen) atoms. The van der Waals surface area contributed by atoms with Gasteiger partial charge in [-0.3, -0.25) is 9.59 Å². The van der Waals surface area contributed by atoms with E-state index in [1.54, 1.807) is 13.0 Å². The van der Waals surface area contributed by atoms with E-state index < -0.39 is 11.9 Å². The van der Waals surface area contributed by atoms with E-state index in [-0.39, 0.29) is 12.5 Å². The molecular formula is C18H19NO3. The Morgan fingerprint density at radius 1 is 1.09 bits per heavy atom. The van der Waals surface area contributed by atoms with E-state index in [9.17, 15) is 9.59 Å². The molecule has 1 N–H and O–H groups in total. The minimum atomic E-state index is -0.919. The van der Waals surface area contributed by atoms with Gasteiger partial charge in [0.15, 0.2) is 0 Å². The number of carboxylic acids is 1. The number of benzene rings is 2. The van der Waals surface area contributed by atoms with Crippen LogP contribution in [-0.4, -0.2) is 23.5 Å². The van der Waals surface area contributed by atoms with Crippen LogP contribution >= 0.6 is 0 Å².